The average Bonchev–Trinajstić information content (AvgIpc) is 2.25. The molecular formula is C9H17N3O2. The van der Waals surface area contributed by atoms with Gasteiger partial charge in [0, 0.05) is 6.54 Å². The van der Waals surface area contributed by atoms with Crippen LogP contribution in [0.4, 0.5) is 4.79 Å². The van der Waals surface area contributed by atoms with E-state index < -0.39 is 0 Å². The molecule has 14 heavy (non-hydrogen) atoms. The summed E-state index contributed by atoms with van der Waals surface area (Å²) < 4.78 is 0. The molecule has 0 aromatic heterocycles. The number of aldehydes is 1. The van der Waals surface area contributed by atoms with Gasteiger partial charge in [0.1, 0.15) is 6.29 Å². The lowest BCUT2D eigenvalue weighted by Gasteiger charge is -2.22. The quantitative estimate of drug-likeness (QED) is 0.534. The van der Waals surface area contributed by atoms with Crippen LogP contribution in [-0.4, -0.2) is 38.5 Å². The second-order valence-corrected chi connectivity index (χ2v) is 3.47. The summed E-state index contributed by atoms with van der Waals surface area (Å²) in [6, 6.07) is -0.261. The van der Waals surface area contributed by atoms with E-state index in [4.69, 9.17) is 0 Å². The van der Waals surface area contributed by atoms with Crippen molar-refractivity contribution in [2.75, 3.05) is 26.2 Å². The van der Waals surface area contributed by atoms with Gasteiger partial charge in [0.15, 0.2) is 0 Å². The maximum Gasteiger partial charge on any atom is 0.315 e. The maximum absolute atomic E-state index is 11.0. The van der Waals surface area contributed by atoms with Gasteiger partial charge in [-0.25, -0.2) is 4.79 Å². The summed E-state index contributed by atoms with van der Waals surface area (Å²) in [5.41, 5.74) is 0. The van der Waals surface area contributed by atoms with Crippen LogP contribution in [0, 0.1) is 5.92 Å². The van der Waals surface area contributed by atoms with Crippen LogP contribution in [-0.2, 0) is 4.79 Å². The molecule has 1 aliphatic heterocycles. The number of hydrogen-bond acceptors (Lipinski definition) is 3. The van der Waals surface area contributed by atoms with Crippen molar-refractivity contribution in [3.63, 3.8) is 0 Å². The van der Waals surface area contributed by atoms with Gasteiger partial charge in [0.05, 0.1) is 6.54 Å². The first-order valence-electron chi connectivity index (χ1n) is 4.99. The second-order valence-electron chi connectivity index (χ2n) is 3.47. The Bertz CT molecular complexity index is 190. The van der Waals surface area contributed by atoms with Gasteiger partial charge in [-0.15, -0.1) is 0 Å². The molecule has 1 aliphatic rings. The SMILES string of the molecule is O=CCNC(=O)NCC1CCCNC1. The summed E-state index contributed by atoms with van der Waals surface area (Å²) in [5.74, 6) is 0.519. The van der Waals surface area contributed by atoms with Crippen molar-refractivity contribution < 1.29 is 9.59 Å². The number of carbonyl (C=O) groups is 2. The van der Waals surface area contributed by atoms with Crippen molar-refractivity contribution in [1.82, 2.24) is 16.0 Å². The average molecular weight is 199 g/mol. The van der Waals surface area contributed by atoms with Gasteiger partial charge in [-0.1, -0.05) is 0 Å². The normalized spacial score (nSPS) is 21.3. The minimum absolute atomic E-state index is 0.0781. The number of urea groups is 1. The molecule has 0 aromatic rings. The first-order valence-corrected chi connectivity index (χ1v) is 4.99. The van der Waals surface area contributed by atoms with Crippen molar-refractivity contribution in [1.29, 1.82) is 0 Å². The largest absolute Gasteiger partial charge is 0.338 e. The molecule has 1 rings (SSSR count). The Morgan fingerprint density at radius 2 is 2.36 bits per heavy atom. The highest BCUT2D eigenvalue weighted by Crippen LogP contribution is 2.07. The highest BCUT2D eigenvalue weighted by molar-refractivity contribution is 5.76. The molecule has 2 amide bonds. The fourth-order valence-corrected chi connectivity index (χ4v) is 1.53. The third-order valence-electron chi connectivity index (χ3n) is 2.30. The van der Waals surface area contributed by atoms with Gasteiger partial charge < -0.3 is 20.7 Å². The van der Waals surface area contributed by atoms with Crippen molar-refractivity contribution in [2.45, 2.75) is 12.8 Å². The van der Waals surface area contributed by atoms with Crippen LogP contribution in [0.3, 0.4) is 0 Å². The molecule has 0 aromatic carbocycles. The summed E-state index contributed by atoms with van der Waals surface area (Å²) in [6.45, 7) is 2.80. The third kappa shape index (κ3) is 4.23. The van der Waals surface area contributed by atoms with Gasteiger partial charge >= 0.3 is 6.03 Å². The number of amides is 2. The van der Waals surface area contributed by atoms with Crippen molar-refractivity contribution >= 4 is 12.3 Å². The van der Waals surface area contributed by atoms with E-state index in [-0.39, 0.29) is 12.6 Å². The summed E-state index contributed by atoms with van der Waals surface area (Å²) in [6.07, 6.45) is 2.99. The number of hydrogen-bond donors (Lipinski definition) is 3. The van der Waals surface area contributed by atoms with Crippen LogP contribution in [0.15, 0.2) is 0 Å². The fourth-order valence-electron chi connectivity index (χ4n) is 1.53. The van der Waals surface area contributed by atoms with Crippen LogP contribution in [0.2, 0.25) is 0 Å². The molecular weight excluding hydrogens is 182 g/mol. The molecule has 5 nitrogen and oxygen atoms in total. The van der Waals surface area contributed by atoms with Crippen LogP contribution in [0.1, 0.15) is 12.8 Å². The van der Waals surface area contributed by atoms with Gasteiger partial charge in [-0.05, 0) is 31.8 Å². The lowest BCUT2D eigenvalue weighted by molar-refractivity contribution is -0.107. The van der Waals surface area contributed by atoms with E-state index >= 15 is 0 Å². The highest BCUT2D eigenvalue weighted by atomic mass is 16.2. The Labute approximate surface area is 83.6 Å². The lowest BCUT2D eigenvalue weighted by atomic mass is 10.00. The predicted molar refractivity (Wildman–Crippen MR) is 53.1 cm³/mol. The summed E-state index contributed by atoms with van der Waals surface area (Å²) in [5, 5.41) is 8.45. The molecule has 0 spiro atoms. The number of piperidine rings is 1. The summed E-state index contributed by atoms with van der Waals surface area (Å²) in [4.78, 5) is 21.0. The predicted octanol–water partition coefficient (Wildman–Crippen LogP) is -0.516. The van der Waals surface area contributed by atoms with Crippen LogP contribution >= 0.6 is 0 Å². The Hall–Kier alpha value is -1.10. The number of carbonyl (C=O) groups excluding carboxylic acids is 2. The smallest absolute Gasteiger partial charge is 0.315 e. The zero-order valence-corrected chi connectivity index (χ0v) is 8.21. The Balaban J connectivity index is 2.06. The molecule has 0 radical (unpaired) electrons. The second kappa shape index (κ2) is 6.37. The van der Waals surface area contributed by atoms with Gasteiger partial charge in [-0.2, -0.15) is 0 Å². The van der Waals surface area contributed by atoms with Gasteiger partial charge in [0.25, 0.3) is 0 Å². The molecule has 80 valence electrons. The minimum Gasteiger partial charge on any atom is -0.338 e. The molecule has 1 saturated heterocycles. The summed E-state index contributed by atoms with van der Waals surface area (Å²) >= 11 is 0. The molecule has 1 heterocycles. The maximum atomic E-state index is 11.0. The Kier molecular flexibility index (Phi) is 4.99. The van der Waals surface area contributed by atoms with E-state index in [2.05, 4.69) is 16.0 Å². The molecule has 0 bridgehead atoms. The number of nitrogens with one attached hydrogen (secondary N) is 3. The van der Waals surface area contributed by atoms with Crippen LogP contribution < -0.4 is 16.0 Å². The van der Waals surface area contributed by atoms with Crippen molar-refractivity contribution in [3.8, 4) is 0 Å². The van der Waals surface area contributed by atoms with E-state index in [1.807, 2.05) is 0 Å². The molecule has 1 atom stereocenters. The third-order valence-corrected chi connectivity index (χ3v) is 2.30. The van der Waals surface area contributed by atoms with Crippen LogP contribution in [0.5, 0.6) is 0 Å². The van der Waals surface area contributed by atoms with E-state index in [0.29, 0.717) is 18.7 Å². The standard InChI is InChI=1S/C9H17N3O2/c13-5-4-11-9(14)12-7-8-2-1-3-10-6-8/h5,8,10H,1-4,6-7H2,(H2,11,12,14). The monoisotopic (exact) mass is 199 g/mol. The van der Waals surface area contributed by atoms with Crippen molar-refractivity contribution in [3.05, 3.63) is 0 Å². The highest BCUT2D eigenvalue weighted by Gasteiger charge is 2.13. The number of rotatable bonds is 4. The fraction of sp³-hybridized carbons (Fsp3) is 0.778. The molecule has 1 unspecified atom stereocenters. The first-order chi connectivity index (χ1) is 6.83. The zero-order valence-electron chi connectivity index (χ0n) is 8.21. The molecule has 5 heteroatoms. The van der Waals surface area contributed by atoms with E-state index in [0.717, 1.165) is 19.5 Å². The molecule has 1 fully saturated rings. The Morgan fingerprint density at radius 1 is 1.50 bits per heavy atom. The minimum atomic E-state index is -0.261. The first kappa shape index (κ1) is 11.0. The van der Waals surface area contributed by atoms with Crippen LogP contribution in [0.25, 0.3) is 0 Å². The zero-order chi connectivity index (χ0) is 10.2. The molecule has 0 saturated carbocycles. The molecule has 0 aliphatic carbocycles. The van der Waals surface area contributed by atoms with E-state index in [1.165, 1.54) is 6.42 Å². The Morgan fingerprint density at radius 3 is 3.00 bits per heavy atom. The van der Waals surface area contributed by atoms with E-state index in [1.54, 1.807) is 0 Å². The van der Waals surface area contributed by atoms with Gasteiger partial charge in [0.2, 0.25) is 0 Å². The van der Waals surface area contributed by atoms with E-state index in [9.17, 15) is 9.59 Å². The topological polar surface area (TPSA) is 70.2 Å². The van der Waals surface area contributed by atoms with Gasteiger partial charge in [-0.3, -0.25) is 0 Å². The lowest BCUT2D eigenvalue weighted by Crippen LogP contribution is -2.42. The molecule has 3 N–H and O–H groups in total. The van der Waals surface area contributed by atoms with Crippen molar-refractivity contribution in [2.24, 2.45) is 5.92 Å². The summed E-state index contributed by atoms with van der Waals surface area (Å²) in [7, 11) is 0.